The third-order valence-electron chi connectivity index (χ3n) is 3.83. The molecule has 7 nitrogen and oxygen atoms in total. The molecule has 2 aromatic heterocycles. The van der Waals surface area contributed by atoms with E-state index >= 15 is 0 Å². The van der Waals surface area contributed by atoms with Gasteiger partial charge in [-0.05, 0) is 5.56 Å². The SMILES string of the molecule is CC(F)(F)c1nc2c(cnn2CC(F)(F)F)c(=O)n1NC(=O)Cc1ccccc1. The normalized spacial score (nSPS) is 12.3. The largest absolute Gasteiger partial charge is 0.408 e. The van der Waals surface area contributed by atoms with E-state index in [0.717, 1.165) is 6.20 Å². The van der Waals surface area contributed by atoms with E-state index in [4.69, 9.17) is 0 Å². The van der Waals surface area contributed by atoms with Gasteiger partial charge in [0, 0.05) is 6.92 Å². The zero-order valence-electron chi connectivity index (χ0n) is 14.9. The van der Waals surface area contributed by atoms with E-state index in [0.29, 0.717) is 17.2 Å². The van der Waals surface area contributed by atoms with Crippen LogP contribution < -0.4 is 11.0 Å². The minimum absolute atomic E-state index is 0.215. The van der Waals surface area contributed by atoms with Gasteiger partial charge >= 0.3 is 12.1 Å². The Bertz CT molecular complexity index is 1100. The van der Waals surface area contributed by atoms with Crippen molar-refractivity contribution in [2.75, 3.05) is 5.43 Å². The Hall–Kier alpha value is -3.31. The molecule has 1 amide bonds. The number of fused-ring (bicyclic) bond motifs is 1. The molecule has 0 spiro atoms. The van der Waals surface area contributed by atoms with Crippen molar-refractivity contribution < 1.29 is 26.7 Å². The number of hydrogen-bond acceptors (Lipinski definition) is 4. The molecular formula is C17H14F5N5O2. The second-order valence-electron chi connectivity index (χ2n) is 6.32. The van der Waals surface area contributed by atoms with Gasteiger partial charge in [-0.2, -0.15) is 31.7 Å². The summed E-state index contributed by atoms with van der Waals surface area (Å²) >= 11 is 0. The molecule has 0 unspecified atom stereocenters. The van der Waals surface area contributed by atoms with Crippen molar-refractivity contribution in [1.29, 1.82) is 0 Å². The average Bonchev–Trinajstić information content (AvgIpc) is 2.98. The molecule has 3 rings (SSSR count). The maximum absolute atomic E-state index is 14.1. The maximum atomic E-state index is 14.1. The summed E-state index contributed by atoms with van der Waals surface area (Å²) in [6, 6.07) is 8.31. The van der Waals surface area contributed by atoms with Crippen LogP contribution >= 0.6 is 0 Å². The van der Waals surface area contributed by atoms with E-state index < -0.39 is 47.0 Å². The van der Waals surface area contributed by atoms with Crippen LogP contribution in [0.1, 0.15) is 18.3 Å². The predicted molar refractivity (Wildman–Crippen MR) is 91.9 cm³/mol. The molecule has 2 heterocycles. The molecule has 0 saturated carbocycles. The monoisotopic (exact) mass is 415 g/mol. The van der Waals surface area contributed by atoms with Crippen molar-refractivity contribution in [2.24, 2.45) is 0 Å². The lowest BCUT2D eigenvalue weighted by Crippen LogP contribution is -2.39. The van der Waals surface area contributed by atoms with E-state index in [-0.39, 0.29) is 11.1 Å². The zero-order chi connectivity index (χ0) is 21.4. The van der Waals surface area contributed by atoms with Crippen molar-refractivity contribution in [3.8, 4) is 0 Å². The first-order valence-corrected chi connectivity index (χ1v) is 8.23. The first kappa shape index (κ1) is 20.4. The Morgan fingerprint density at radius 1 is 1.14 bits per heavy atom. The van der Waals surface area contributed by atoms with Crippen molar-refractivity contribution in [1.82, 2.24) is 19.4 Å². The molecule has 154 valence electrons. The molecule has 0 atom stereocenters. The first-order valence-electron chi connectivity index (χ1n) is 8.23. The second-order valence-corrected chi connectivity index (χ2v) is 6.32. The van der Waals surface area contributed by atoms with E-state index in [2.05, 4.69) is 10.1 Å². The number of amides is 1. The van der Waals surface area contributed by atoms with Gasteiger partial charge in [0.1, 0.15) is 11.9 Å². The fraction of sp³-hybridized carbons (Fsp3) is 0.294. The fourth-order valence-electron chi connectivity index (χ4n) is 2.64. The maximum Gasteiger partial charge on any atom is 0.408 e. The number of carbonyl (C=O) groups is 1. The molecule has 0 aliphatic rings. The molecule has 29 heavy (non-hydrogen) atoms. The van der Waals surface area contributed by atoms with Gasteiger partial charge < -0.3 is 0 Å². The number of alkyl halides is 5. The van der Waals surface area contributed by atoms with Gasteiger partial charge in [-0.25, -0.2) is 9.67 Å². The highest BCUT2D eigenvalue weighted by atomic mass is 19.4. The number of aromatic nitrogens is 4. The number of rotatable bonds is 5. The molecule has 1 aromatic carbocycles. The van der Waals surface area contributed by atoms with Crippen LogP contribution in [-0.4, -0.2) is 31.5 Å². The van der Waals surface area contributed by atoms with Crippen LogP contribution in [0.3, 0.4) is 0 Å². The highest BCUT2D eigenvalue weighted by molar-refractivity contribution is 5.86. The molecule has 0 radical (unpaired) electrons. The molecule has 0 saturated heterocycles. The fourth-order valence-corrected chi connectivity index (χ4v) is 2.64. The Morgan fingerprint density at radius 2 is 1.79 bits per heavy atom. The van der Waals surface area contributed by atoms with Gasteiger partial charge in [0.15, 0.2) is 5.65 Å². The number of hydrogen-bond donors (Lipinski definition) is 1. The molecule has 3 aromatic rings. The highest BCUT2D eigenvalue weighted by Crippen LogP contribution is 2.26. The lowest BCUT2D eigenvalue weighted by Gasteiger charge is -2.18. The summed E-state index contributed by atoms with van der Waals surface area (Å²) < 4.78 is 66.6. The Kier molecular flexibility index (Phi) is 5.11. The third-order valence-corrected chi connectivity index (χ3v) is 3.83. The minimum Gasteiger partial charge on any atom is -0.273 e. The summed E-state index contributed by atoms with van der Waals surface area (Å²) in [5.41, 5.74) is 0.791. The lowest BCUT2D eigenvalue weighted by molar-refractivity contribution is -0.141. The van der Waals surface area contributed by atoms with Crippen LogP contribution in [0.4, 0.5) is 22.0 Å². The van der Waals surface area contributed by atoms with Crippen molar-refractivity contribution in [3.05, 3.63) is 58.3 Å². The average molecular weight is 415 g/mol. The van der Waals surface area contributed by atoms with Gasteiger partial charge in [0.2, 0.25) is 11.7 Å². The van der Waals surface area contributed by atoms with Gasteiger partial charge in [-0.15, -0.1) is 0 Å². The molecule has 0 bridgehead atoms. The van der Waals surface area contributed by atoms with Crippen LogP contribution in [-0.2, 0) is 23.7 Å². The number of nitrogens with one attached hydrogen (secondary N) is 1. The van der Waals surface area contributed by atoms with Crippen molar-refractivity contribution in [3.63, 3.8) is 0 Å². The summed E-state index contributed by atoms with van der Waals surface area (Å²) in [5, 5.41) is 2.97. The summed E-state index contributed by atoms with van der Waals surface area (Å²) in [6.07, 6.45) is -4.13. The zero-order valence-corrected chi connectivity index (χ0v) is 14.9. The van der Waals surface area contributed by atoms with E-state index in [1.165, 1.54) is 0 Å². The molecule has 12 heteroatoms. The number of nitrogens with zero attached hydrogens (tertiary/aromatic N) is 4. The van der Waals surface area contributed by atoms with Gasteiger partial charge in [-0.3, -0.25) is 15.0 Å². The molecule has 1 N–H and O–H groups in total. The standard InChI is InChI=1S/C17H14F5N5O2/c1-16(18,19)15-24-13-11(8-23-26(13)9-17(20,21)22)14(29)27(15)25-12(28)7-10-5-3-2-4-6-10/h2-6,8H,7,9H2,1H3,(H,25,28). The predicted octanol–water partition coefficient (Wildman–Crippen LogP) is 2.58. The Morgan fingerprint density at radius 3 is 2.38 bits per heavy atom. The lowest BCUT2D eigenvalue weighted by atomic mass is 10.1. The van der Waals surface area contributed by atoms with E-state index in [1.54, 1.807) is 30.3 Å². The van der Waals surface area contributed by atoms with Gasteiger partial charge in [-0.1, -0.05) is 30.3 Å². The highest BCUT2D eigenvalue weighted by Gasteiger charge is 2.35. The van der Waals surface area contributed by atoms with Crippen molar-refractivity contribution >= 4 is 16.9 Å². The summed E-state index contributed by atoms with van der Waals surface area (Å²) in [6.45, 7) is -1.20. The Labute approximate surface area is 159 Å². The minimum atomic E-state index is -4.70. The topological polar surface area (TPSA) is 81.8 Å². The summed E-state index contributed by atoms with van der Waals surface area (Å²) in [7, 11) is 0. The summed E-state index contributed by atoms with van der Waals surface area (Å²) in [5.74, 6) is -5.73. The number of benzene rings is 1. The van der Waals surface area contributed by atoms with Gasteiger partial charge in [0.05, 0.1) is 12.6 Å². The van der Waals surface area contributed by atoms with Gasteiger partial charge in [0.25, 0.3) is 5.56 Å². The molecular weight excluding hydrogens is 401 g/mol. The van der Waals surface area contributed by atoms with Crippen LogP contribution in [0.5, 0.6) is 0 Å². The van der Waals surface area contributed by atoms with Crippen LogP contribution in [0.25, 0.3) is 11.0 Å². The molecule has 0 aliphatic carbocycles. The van der Waals surface area contributed by atoms with E-state index in [9.17, 15) is 31.5 Å². The third kappa shape index (κ3) is 4.58. The second kappa shape index (κ2) is 7.26. The number of carbonyl (C=O) groups excluding carboxylic acids is 1. The van der Waals surface area contributed by atoms with Crippen LogP contribution in [0.2, 0.25) is 0 Å². The first-order chi connectivity index (χ1) is 13.5. The smallest absolute Gasteiger partial charge is 0.273 e. The van der Waals surface area contributed by atoms with E-state index in [1.807, 2.05) is 5.43 Å². The van der Waals surface area contributed by atoms with Crippen LogP contribution in [0, 0.1) is 0 Å². The summed E-state index contributed by atoms with van der Waals surface area (Å²) in [4.78, 5) is 28.3. The number of halogens is 5. The van der Waals surface area contributed by atoms with Crippen LogP contribution in [0.15, 0.2) is 41.3 Å². The Balaban J connectivity index is 2.05. The quantitative estimate of drug-likeness (QED) is 0.650. The molecule has 0 fully saturated rings. The molecule has 0 aliphatic heterocycles. The van der Waals surface area contributed by atoms with Crippen molar-refractivity contribution in [2.45, 2.75) is 32.0 Å².